The number of carbonyl (C=O) groups is 2. The molecule has 5 rings (SSSR count). The highest BCUT2D eigenvalue weighted by atomic mass is 16.5. The van der Waals surface area contributed by atoms with Crippen molar-refractivity contribution >= 4 is 28.8 Å². The fourth-order valence-corrected chi connectivity index (χ4v) is 3.97. The van der Waals surface area contributed by atoms with E-state index in [1.807, 2.05) is 18.2 Å². The van der Waals surface area contributed by atoms with Crippen molar-refractivity contribution in [3.8, 4) is 6.07 Å². The molecule has 2 aliphatic rings. The van der Waals surface area contributed by atoms with Crippen LogP contribution in [-0.2, 0) is 11.3 Å². The third kappa shape index (κ3) is 3.35. The molecule has 4 heterocycles. The monoisotopic (exact) mass is 417 g/mol. The molecule has 0 bridgehead atoms. The highest BCUT2D eigenvalue weighted by molar-refractivity contribution is 6.10. The number of morpholine rings is 1. The lowest BCUT2D eigenvalue weighted by atomic mass is 10.1. The molecule has 31 heavy (non-hydrogen) atoms. The standard InChI is InChI=1S/C21H19N7O3/c22-2-5-27-13-14-10-17(18(11-15(14)21(27)30)26-6-8-31-9-7-26)25-20(29)16-12-24-28-4-1-3-23-19(16)28/h1,3-4,10-12H,5-9,13H2,(H,25,29). The second kappa shape index (κ2) is 7.70. The van der Waals surface area contributed by atoms with E-state index in [0.29, 0.717) is 55.3 Å². The van der Waals surface area contributed by atoms with Crippen LogP contribution in [0.3, 0.4) is 0 Å². The van der Waals surface area contributed by atoms with Crippen LogP contribution in [0, 0.1) is 11.3 Å². The molecule has 0 atom stereocenters. The van der Waals surface area contributed by atoms with E-state index in [-0.39, 0.29) is 18.4 Å². The lowest BCUT2D eigenvalue weighted by Crippen LogP contribution is -2.37. The first-order valence-electron chi connectivity index (χ1n) is 9.91. The number of benzene rings is 1. The Bertz CT molecular complexity index is 1220. The average Bonchev–Trinajstić information content (AvgIpc) is 3.35. The first kappa shape index (κ1) is 19.0. The number of carbonyl (C=O) groups excluding carboxylic acids is 2. The number of aromatic nitrogens is 3. The summed E-state index contributed by atoms with van der Waals surface area (Å²) in [6, 6.07) is 7.40. The van der Waals surface area contributed by atoms with Crippen molar-refractivity contribution in [1.29, 1.82) is 5.26 Å². The maximum absolute atomic E-state index is 13.1. The Kier molecular flexibility index (Phi) is 4.72. The molecular weight excluding hydrogens is 398 g/mol. The maximum atomic E-state index is 13.1. The Morgan fingerprint density at radius 3 is 2.94 bits per heavy atom. The van der Waals surface area contributed by atoms with E-state index in [2.05, 4.69) is 20.3 Å². The summed E-state index contributed by atoms with van der Waals surface area (Å²) in [7, 11) is 0. The van der Waals surface area contributed by atoms with Crippen LogP contribution >= 0.6 is 0 Å². The molecule has 0 unspecified atom stereocenters. The number of hydrogen-bond acceptors (Lipinski definition) is 7. The second-order valence-corrected chi connectivity index (χ2v) is 7.35. The summed E-state index contributed by atoms with van der Waals surface area (Å²) in [5, 5.41) is 16.2. The molecule has 1 saturated heterocycles. The minimum absolute atomic E-state index is 0.0240. The van der Waals surface area contributed by atoms with Crippen LogP contribution < -0.4 is 10.2 Å². The maximum Gasteiger partial charge on any atom is 0.261 e. The smallest absolute Gasteiger partial charge is 0.261 e. The predicted octanol–water partition coefficient (Wildman–Crippen LogP) is 1.30. The normalized spacial score (nSPS) is 15.8. The number of amides is 2. The van der Waals surface area contributed by atoms with Gasteiger partial charge in [0.2, 0.25) is 0 Å². The van der Waals surface area contributed by atoms with Gasteiger partial charge in [-0.1, -0.05) is 0 Å². The van der Waals surface area contributed by atoms with Crippen molar-refractivity contribution in [3.63, 3.8) is 0 Å². The van der Waals surface area contributed by atoms with Gasteiger partial charge in [-0.05, 0) is 23.8 Å². The largest absolute Gasteiger partial charge is 0.378 e. The first-order chi connectivity index (χ1) is 15.2. The van der Waals surface area contributed by atoms with Gasteiger partial charge in [0.25, 0.3) is 11.8 Å². The van der Waals surface area contributed by atoms with Crippen LogP contribution in [0.25, 0.3) is 5.65 Å². The molecule has 2 amide bonds. The van der Waals surface area contributed by atoms with Crippen molar-refractivity contribution in [2.45, 2.75) is 6.54 Å². The Labute approximate surface area is 177 Å². The van der Waals surface area contributed by atoms with Gasteiger partial charge in [-0.3, -0.25) is 9.59 Å². The Morgan fingerprint density at radius 1 is 1.29 bits per heavy atom. The molecule has 10 nitrogen and oxygen atoms in total. The van der Waals surface area contributed by atoms with Crippen molar-refractivity contribution in [1.82, 2.24) is 19.5 Å². The van der Waals surface area contributed by atoms with Gasteiger partial charge in [-0.2, -0.15) is 10.4 Å². The highest BCUT2D eigenvalue weighted by Gasteiger charge is 2.30. The number of fused-ring (bicyclic) bond motifs is 2. The lowest BCUT2D eigenvalue weighted by Gasteiger charge is -2.31. The van der Waals surface area contributed by atoms with Crippen LogP contribution in [0.15, 0.2) is 36.8 Å². The molecule has 3 aromatic rings. The van der Waals surface area contributed by atoms with Gasteiger partial charge in [0.15, 0.2) is 5.65 Å². The van der Waals surface area contributed by atoms with Gasteiger partial charge in [-0.25, -0.2) is 9.50 Å². The molecule has 1 N–H and O–H groups in total. The minimum atomic E-state index is -0.332. The molecule has 0 aliphatic carbocycles. The molecule has 0 saturated carbocycles. The van der Waals surface area contributed by atoms with Crippen LogP contribution in [0.1, 0.15) is 26.3 Å². The van der Waals surface area contributed by atoms with Crippen LogP contribution in [0.2, 0.25) is 0 Å². The molecule has 10 heteroatoms. The highest BCUT2D eigenvalue weighted by Crippen LogP contribution is 2.35. The van der Waals surface area contributed by atoms with Crippen LogP contribution in [-0.4, -0.2) is 64.2 Å². The molecule has 0 spiro atoms. The minimum Gasteiger partial charge on any atom is -0.378 e. The number of anilines is 2. The molecule has 2 aliphatic heterocycles. The number of rotatable bonds is 4. The number of nitriles is 1. The van der Waals surface area contributed by atoms with Gasteiger partial charge in [0.1, 0.15) is 12.1 Å². The van der Waals surface area contributed by atoms with Crippen molar-refractivity contribution < 1.29 is 14.3 Å². The van der Waals surface area contributed by atoms with Gasteiger partial charge in [0.05, 0.1) is 36.9 Å². The number of nitrogens with zero attached hydrogens (tertiary/aromatic N) is 6. The number of nitrogens with one attached hydrogen (secondary N) is 1. The SMILES string of the molecule is N#CCN1Cc2cc(NC(=O)c3cnn4cccnc34)c(N3CCOCC3)cc2C1=O. The Morgan fingerprint density at radius 2 is 2.13 bits per heavy atom. The summed E-state index contributed by atoms with van der Waals surface area (Å²) in [6.07, 6.45) is 4.82. The summed E-state index contributed by atoms with van der Waals surface area (Å²) in [5.41, 5.74) is 3.53. The van der Waals surface area contributed by atoms with E-state index < -0.39 is 0 Å². The number of ether oxygens (including phenoxy) is 1. The van der Waals surface area contributed by atoms with Gasteiger partial charge in [0, 0.05) is 37.6 Å². The van der Waals surface area contributed by atoms with Crippen molar-refractivity contribution in [3.05, 3.63) is 53.5 Å². The summed E-state index contributed by atoms with van der Waals surface area (Å²) in [4.78, 5) is 33.6. The van der Waals surface area contributed by atoms with E-state index in [4.69, 9.17) is 10.00 Å². The summed E-state index contributed by atoms with van der Waals surface area (Å²) in [6.45, 7) is 2.79. The van der Waals surface area contributed by atoms with Crippen LogP contribution in [0.4, 0.5) is 11.4 Å². The zero-order valence-corrected chi connectivity index (χ0v) is 16.6. The van der Waals surface area contributed by atoms with E-state index >= 15 is 0 Å². The van der Waals surface area contributed by atoms with E-state index in [0.717, 1.165) is 11.3 Å². The Balaban J connectivity index is 1.52. The molecule has 1 aromatic carbocycles. The van der Waals surface area contributed by atoms with E-state index in [1.165, 1.54) is 11.1 Å². The first-order valence-corrected chi connectivity index (χ1v) is 9.91. The Hall–Kier alpha value is -3.97. The summed E-state index contributed by atoms with van der Waals surface area (Å²) < 4.78 is 6.99. The van der Waals surface area contributed by atoms with Gasteiger partial charge in [-0.15, -0.1) is 0 Å². The van der Waals surface area contributed by atoms with Gasteiger partial charge < -0.3 is 19.9 Å². The predicted molar refractivity (Wildman–Crippen MR) is 111 cm³/mol. The van der Waals surface area contributed by atoms with Crippen LogP contribution in [0.5, 0.6) is 0 Å². The zero-order valence-electron chi connectivity index (χ0n) is 16.6. The van der Waals surface area contributed by atoms with Crippen molar-refractivity contribution in [2.75, 3.05) is 43.1 Å². The molecular formula is C21H19N7O3. The third-order valence-corrected chi connectivity index (χ3v) is 5.49. The third-order valence-electron chi connectivity index (χ3n) is 5.49. The van der Waals surface area contributed by atoms with E-state index in [9.17, 15) is 9.59 Å². The summed E-state index contributed by atoms with van der Waals surface area (Å²) >= 11 is 0. The lowest BCUT2D eigenvalue weighted by molar-refractivity contribution is 0.0798. The fourth-order valence-electron chi connectivity index (χ4n) is 3.97. The molecule has 2 aromatic heterocycles. The van der Waals surface area contributed by atoms with E-state index in [1.54, 1.807) is 23.0 Å². The number of hydrogen-bond donors (Lipinski definition) is 1. The fraction of sp³-hybridized carbons (Fsp3) is 0.286. The quantitative estimate of drug-likeness (QED) is 0.636. The zero-order chi connectivity index (χ0) is 21.4. The van der Waals surface area contributed by atoms with Crippen molar-refractivity contribution in [2.24, 2.45) is 0 Å². The molecule has 0 radical (unpaired) electrons. The molecule has 156 valence electrons. The molecule has 1 fully saturated rings. The summed E-state index contributed by atoms with van der Waals surface area (Å²) in [5.74, 6) is -0.503. The average molecular weight is 417 g/mol. The van der Waals surface area contributed by atoms with Gasteiger partial charge >= 0.3 is 0 Å². The second-order valence-electron chi connectivity index (χ2n) is 7.35. The topological polar surface area (TPSA) is 116 Å².